The zero-order valence-electron chi connectivity index (χ0n) is 13.2. The Balaban J connectivity index is 2.75. The van der Waals surface area contributed by atoms with E-state index >= 15 is 0 Å². The number of rotatable bonds is 1. The second-order valence-corrected chi connectivity index (χ2v) is 9.13. The summed E-state index contributed by atoms with van der Waals surface area (Å²) in [6, 6.07) is 10.7. The van der Waals surface area contributed by atoms with Crippen molar-refractivity contribution in [1.29, 1.82) is 0 Å². The Morgan fingerprint density at radius 1 is 0.800 bits per heavy atom. The number of thiophene rings is 1. The maximum atomic E-state index is 3.88. The summed E-state index contributed by atoms with van der Waals surface area (Å²) in [5.41, 5.74) is 2.99. The van der Waals surface area contributed by atoms with Gasteiger partial charge in [0.25, 0.3) is 0 Å². The Labute approximate surface area is 135 Å². The fourth-order valence-corrected chi connectivity index (χ4v) is 5.01. The van der Waals surface area contributed by atoms with Crippen LogP contribution in [0.15, 0.2) is 34.8 Å². The van der Waals surface area contributed by atoms with Gasteiger partial charge in [0, 0.05) is 19.8 Å². The second-order valence-electron chi connectivity index (χ2n) is 7.32. The van der Waals surface area contributed by atoms with Crippen LogP contribution in [0.5, 0.6) is 0 Å². The molecule has 0 nitrogen and oxygen atoms in total. The van der Waals surface area contributed by atoms with Gasteiger partial charge in [-0.25, -0.2) is 0 Å². The molecule has 0 saturated carbocycles. The first-order valence-corrected chi connectivity index (χ1v) is 8.62. The van der Waals surface area contributed by atoms with E-state index < -0.39 is 0 Å². The first kappa shape index (κ1) is 15.8. The smallest absolute Gasteiger partial charge is 0.0401 e. The molecule has 2 rings (SSSR count). The molecule has 0 saturated heterocycles. The highest BCUT2D eigenvalue weighted by Crippen LogP contribution is 2.49. The van der Waals surface area contributed by atoms with Crippen molar-refractivity contribution >= 4 is 27.3 Å². The van der Waals surface area contributed by atoms with E-state index in [0.29, 0.717) is 0 Å². The molecule has 0 bridgehead atoms. The number of benzene rings is 1. The van der Waals surface area contributed by atoms with Gasteiger partial charge < -0.3 is 0 Å². The molecular weight excluding hydrogens is 328 g/mol. The lowest BCUT2D eigenvalue weighted by Crippen LogP contribution is -2.10. The van der Waals surface area contributed by atoms with Crippen LogP contribution in [0.3, 0.4) is 0 Å². The second kappa shape index (κ2) is 5.31. The van der Waals surface area contributed by atoms with Crippen molar-refractivity contribution in [3.63, 3.8) is 0 Å². The normalized spacial score (nSPS) is 12.8. The van der Waals surface area contributed by atoms with Crippen molar-refractivity contribution in [2.24, 2.45) is 0 Å². The molecule has 0 N–H and O–H groups in total. The van der Waals surface area contributed by atoms with Gasteiger partial charge in [-0.3, -0.25) is 0 Å². The van der Waals surface area contributed by atoms with E-state index in [2.05, 4.69) is 87.8 Å². The molecular formula is C18H23BrS. The molecule has 0 aliphatic rings. The van der Waals surface area contributed by atoms with Crippen LogP contribution in [-0.2, 0) is 10.8 Å². The van der Waals surface area contributed by atoms with Crippen LogP contribution in [0.25, 0.3) is 11.1 Å². The van der Waals surface area contributed by atoms with Crippen LogP contribution in [0.1, 0.15) is 51.3 Å². The molecule has 108 valence electrons. The molecule has 0 atom stereocenters. The third kappa shape index (κ3) is 3.01. The Morgan fingerprint density at radius 3 is 1.75 bits per heavy atom. The topological polar surface area (TPSA) is 0 Å². The van der Waals surface area contributed by atoms with Crippen molar-refractivity contribution < 1.29 is 0 Å². The molecule has 0 amide bonds. The van der Waals surface area contributed by atoms with Crippen molar-refractivity contribution in [2.45, 2.75) is 52.4 Å². The zero-order valence-corrected chi connectivity index (χ0v) is 15.6. The van der Waals surface area contributed by atoms with Crippen molar-refractivity contribution in [3.05, 3.63) is 44.6 Å². The zero-order chi connectivity index (χ0) is 15.1. The average Bonchev–Trinajstić information content (AvgIpc) is 2.67. The Kier molecular flexibility index (Phi) is 4.19. The maximum Gasteiger partial charge on any atom is 0.0401 e. The van der Waals surface area contributed by atoms with Gasteiger partial charge in [0.2, 0.25) is 0 Å². The average molecular weight is 351 g/mol. The molecule has 1 aromatic carbocycles. The van der Waals surface area contributed by atoms with Crippen LogP contribution < -0.4 is 0 Å². The van der Waals surface area contributed by atoms with E-state index in [-0.39, 0.29) is 10.8 Å². The van der Waals surface area contributed by atoms with E-state index in [4.69, 9.17) is 0 Å². The van der Waals surface area contributed by atoms with Gasteiger partial charge >= 0.3 is 0 Å². The van der Waals surface area contributed by atoms with Crippen LogP contribution in [-0.4, -0.2) is 0 Å². The summed E-state index contributed by atoms with van der Waals surface area (Å²) in [6.45, 7) is 13.7. The quantitative estimate of drug-likeness (QED) is 0.532. The first-order chi connectivity index (χ1) is 9.12. The lowest BCUT2D eigenvalue weighted by Gasteiger charge is -2.19. The predicted molar refractivity (Wildman–Crippen MR) is 94.9 cm³/mol. The molecule has 20 heavy (non-hydrogen) atoms. The molecule has 2 heteroatoms. The monoisotopic (exact) mass is 350 g/mol. The SMILES string of the molecule is CC(C)(C)c1sc(C(C)(C)C)c(-c2ccccc2)c1Br. The van der Waals surface area contributed by atoms with Gasteiger partial charge in [0.1, 0.15) is 0 Å². The van der Waals surface area contributed by atoms with E-state index in [1.54, 1.807) is 0 Å². The van der Waals surface area contributed by atoms with Crippen LogP contribution in [0, 0.1) is 0 Å². The number of halogens is 1. The summed E-state index contributed by atoms with van der Waals surface area (Å²) in [5.74, 6) is 0. The summed E-state index contributed by atoms with van der Waals surface area (Å²) >= 11 is 5.83. The van der Waals surface area contributed by atoms with Gasteiger partial charge in [0.05, 0.1) is 0 Å². The summed E-state index contributed by atoms with van der Waals surface area (Å²) < 4.78 is 1.27. The van der Waals surface area contributed by atoms with Crippen LogP contribution >= 0.6 is 27.3 Å². The molecule has 2 aromatic rings. The van der Waals surface area contributed by atoms with E-state index in [1.807, 2.05) is 11.3 Å². The minimum atomic E-state index is 0.155. The number of hydrogen-bond donors (Lipinski definition) is 0. The highest BCUT2D eigenvalue weighted by molar-refractivity contribution is 9.10. The molecule has 0 aliphatic heterocycles. The van der Waals surface area contributed by atoms with Crippen molar-refractivity contribution in [2.75, 3.05) is 0 Å². The summed E-state index contributed by atoms with van der Waals surface area (Å²) in [5, 5.41) is 0. The first-order valence-electron chi connectivity index (χ1n) is 7.01. The van der Waals surface area contributed by atoms with Gasteiger partial charge in [-0.15, -0.1) is 11.3 Å². The third-order valence-electron chi connectivity index (χ3n) is 3.27. The minimum absolute atomic E-state index is 0.155. The lowest BCUT2D eigenvalue weighted by molar-refractivity contribution is 0.601. The van der Waals surface area contributed by atoms with E-state index in [9.17, 15) is 0 Å². The van der Waals surface area contributed by atoms with Gasteiger partial charge in [-0.05, 0) is 32.3 Å². The van der Waals surface area contributed by atoms with Gasteiger partial charge in [-0.2, -0.15) is 0 Å². The van der Waals surface area contributed by atoms with Crippen LogP contribution in [0.4, 0.5) is 0 Å². The van der Waals surface area contributed by atoms with Crippen molar-refractivity contribution in [1.82, 2.24) is 0 Å². The van der Waals surface area contributed by atoms with E-state index in [0.717, 1.165) is 0 Å². The maximum absolute atomic E-state index is 3.88. The van der Waals surface area contributed by atoms with E-state index in [1.165, 1.54) is 25.4 Å². The van der Waals surface area contributed by atoms with Gasteiger partial charge in [-0.1, -0.05) is 71.9 Å². The molecule has 1 aromatic heterocycles. The predicted octanol–water partition coefficient (Wildman–Crippen LogP) is 6.77. The molecule has 0 unspecified atom stereocenters. The summed E-state index contributed by atoms with van der Waals surface area (Å²) in [7, 11) is 0. The Bertz CT molecular complexity index is 595. The Morgan fingerprint density at radius 2 is 1.30 bits per heavy atom. The standard InChI is InChI=1S/C18H23BrS/c1-17(2,3)15-13(12-10-8-7-9-11-12)14(19)16(20-15)18(4,5)6/h7-11H,1-6H3. The van der Waals surface area contributed by atoms with Crippen LogP contribution in [0.2, 0.25) is 0 Å². The van der Waals surface area contributed by atoms with Crippen molar-refractivity contribution in [3.8, 4) is 11.1 Å². The highest BCUT2D eigenvalue weighted by atomic mass is 79.9. The largest absolute Gasteiger partial charge is 0.142 e. The third-order valence-corrected chi connectivity index (χ3v) is 6.37. The molecule has 0 spiro atoms. The molecule has 0 fully saturated rings. The Hall–Kier alpha value is -0.600. The minimum Gasteiger partial charge on any atom is -0.142 e. The summed E-state index contributed by atoms with van der Waals surface area (Å²) in [4.78, 5) is 2.89. The number of hydrogen-bond acceptors (Lipinski definition) is 1. The molecule has 0 aliphatic carbocycles. The summed E-state index contributed by atoms with van der Waals surface area (Å²) in [6.07, 6.45) is 0. The highest BCUT2D eigenvalue weighted by Gasteiger charge is 2.30. The molecule has 0 radical (unpaired) electrons. The fraction of sp³-hybridized carbons (Fsp3) is 0.444. The van der Waals surface area contributed by atoms with Gasteiger partial charge in [0.15, 0.2) is 0 Å². The lowest BCUT2D eigenvalue weighted by atomic mass is 9.88. The molecule has 1 heterocycles. The fourth-order valence-electron chi connectivity index (χ4n) is 2.28.